The first kappa shape index (κ1) is 24.1. The number of aromatic nitrogens is 2. The molecule has 0 aliphatic carbocycles. The van der Waals surface area contributed by atoms with Crippen LogP contribution in [-0.2, 0) is 5.75 Å². The van der Waals surface area contributed by atoms with E-state index in [1.54, 1.807) is 6.92 Å². The maximum atomic E-state index is 12.9. The number of nitrogens with one attached hydrogen (secondary N) is 1. The number of fused-ring (bicyclic) bond motifs is 1. The van der Waals surface area contributed by atoms with E-state index < -0.39 is 24.2 Å². The van der Waals surface area contributed by atoms with Gasteiger partial charge in [-0.25, -0.2) is 4.98 Å². The van der Waals surface area contributed by atoms with Crippen molar-refractivity contribution in [3.63, 3.8) is 0 Å². The van der Waals surface area contributed by atoms with E-state index in [4.69, 9.17) is 0 Å². The van der Waals surface area contributed by atoms with Gasteiger partial charge in [0, 0.05) is 11.4 Å². The van der Waals surface area contributed by atoms with Crippen LogP contribution in [0.15, 0.2) is 40.5 Å². The van der Waals surface area contributed by atoms with Crippen molar-refractivity contribution >= 4 is 39.2 Å². The van der Waals surface area contributed by atoms with Crippen LogP contribution in [0.2, 0.25) is 0 Å². The number of hydrogen-bond donors (Lipinski definition) is 1. The number of nitrogens with zero attached hydrogens (tertiary/aromatic N) is 2. The zero-order valence-corrected chi connectivity index (χ0v) is 19.4. The van der Waals surface area contributed by atoms with Gasteiger partial charge in [0.1, 0.15) is 17.2 Å². The molecule has 0 radical (unpaired) electrons. The highest BCUT2D eigenvalue weighted by atomic mass is 32.2. The number of thioether (sulfide) groups is 1. The molecule has 5 nitrogen and oxygen atoms in total. The van der Waals surface area contributed by atoms with Crippen LogP contribution in [0.5, 0.6) is 0 Å². The maximum Gasteiger partial charge on any atom is 0.406 e. The summed E-state index contributed by atoms with van der Waals surface area (Å²) in [5.74, 6) is 0.0483. The molecule has 0 bridgehead atoms. The Morgan fingerprint density at radius 1 is 1.31 bits per heavy atom. The van der Waals surface area contributed by atoms with Crippen LogP contribution < -0.4 is 5.56 Å². The van der Waals surface area contributed by atoms with Gasteiger partial charge in [0.05, 0.1) is 16.0 Å². The molecule has 0 saturated heterocycles. The molecule has 170 valence electrons. The Bertz CT molecular complexity index is 1230. The fourth-order valence-corrected chi connectivity index (χ4v) is 5.37. The second kappa shape index (κ2) is 9.50. The van der Waals surface area contributed by atoms with E-state index in [9.17, 15) is 22.8 Å². The summed E-state index contributed by atoms with van der Waals surface area (Å²) in [6.07, 6.45) is -3.31. The van der Waals surface area contributed by atoms with Crippen molar-refractivity contribution in [2.45, 2.75) is 37.6 Å². The van der Waals surface area contributed by atoms with Crippen LogP contribution in [0.3, 0.4) is 0 Å². The number of hydrogen-bond acceptors (Lipinski definition) is 5. The van der Waals surface area contributed by atoms with Crippen molar-refractivity contribution in [3.05, 3.63) is 68.6 Å². The molecule has 10 heteroatoms. The van der Waals surface area contributed by atoms with Gasteiger partial charge in [-0.2, -0.15) is 13.2 Å². The molecule has 1 N–H and O–H groups in total. The third-order valence-electron chi connectivity index (χ3n) is 4.76. The number of rotatable bonds is 7. The van der Waals surface area contributed by atoms with E-state index in [1.807, 2.05) is 26.0 Å². The molecule has 3 rings (SSSR count). The smallest absolute Gasteiger partial charge is 0.325 e. The largest absolute Gasteiger partial charge is 0.406 e. The number of carbonyl (C=O) groups excluding carboxylic acids is 1. The molecule has 0 spiro atoms. The Morgan fingerprint density at radius 2 is 2.03 bits per heavy atom. The van der Waals surface area contributed by atoms with Gasteiger partial charge < -0.3 is 9.88 Å². The summed E-state index contributed by atoms with van der Waals surface area (Å²) >= 11 is 2.46. The number of aryl methyl sites for hydroxylation is 3. The first-order valence-electron chi connectivity index (χ1n) is 9.69. The molecule has 0 fully saturated rings. The second-order valence-corrected chi connectivity index (χ2v) is 9.41. The highest BCUT2D eigenvalue weighted by Crippen LogP contribution is 2.31. The third-order valence-corrected chi connectivity index (χ3v) is 7.10. The minimum absolute atomic E-state index is 0.0726. The SMILES string of the molecule is C=CCN(CC(F)(F)F)C(=O)c1sc2nc(CSc3cc(C)ccc3C)[nH]c(=O)c2c1C. The van der Waals surface area contributed by atoms with E-state index in [0.29, 0.717) is 26.9 Å². The van der Waals surface area contributed by atoms with Crippen LogP contribution in [0.25, 0.3) is 10.2 Å². The average Bonchev–Trinajstić information content (AvgIpc) is 3.03. The van der Waals surface area contributed by atoms with Crippen molar-refractivity contribution in [3.8, 4) is 0 Å². The molecular weight excluding hydrogens is 459 g/mol. The van der Waals surface area contributed by atoms with Crippen LogP contribution in [0.4, 0.5) is 13.2 Å². The molecule has 2 aromatic heterocycles. The zero-order chi connectivity index (χ0) is 23.6. The second-order valence-electron chi connectivity index (χ2n) is 7.40. The normalized spacial score (nSPS) is 11.7. The number of alkyl halides is 3. The van der Waals surface area contributed by atoms with Crippen molar-refractivity contribution in [1.82, 2.24) is 14.9 Å². The zero-order valence-electron chi connectivity index (χ0n) is 17.8. The number of aromatic amines is 1. The lowest BCUT2D eigenvalue weighted by Crippen LogP contribution is -2.39. The van der Waals surface area contributed by atoms with Crippen LogP contribution >= 0.6 is 23.1 Å². The van der Waals surface area contributed by atoms with Crippen molar-refractivity contribution < 1.29 is 18.0 Å². The van der Waals surface area contributed by atoms with Gasteiger partial charge in [-0.05, 0) is 38.0 Å². The summed E-state index contributed by atoms with van der Waals surface area (Å²) in [6, 6.07) is 6.10. The first-order chi connectivity index (χ1) is 15.0. The molecule has 0 aliphatic rings. The van der Waals surface area contributed by atoms with Crippen molar-refractivity contribution in [2.75, 3.05) is 13.1 Å². The lowest BCUT2D eigenvalue weighted by Gasteiger charge is -2.22. The minimum Gasteiger partial charge on any atom is -0.325 e. The lowest BCUT2D eigenvalue weighted by molar-refractivity contribution is -0.139. The van der Waals surface area contributed by atoms with E-state index in [0.717, 1.165) is 27.4 Å². The van der Waals surface area contributed by atoms with Gasteiger partial charge in [0.2, 0.25) is 0 Å². The Hall–Kier alpha value is -2.59. The molecule has 3 aromatic rings. The van der Waals surface area contributed by atoms with Crippen molar-refractivity contribution in [2.24, 2.45) is 0 Å². The van der Waals surface area contributed by atoms with Crippen molar-refractivity contribution in [1.29, 1.82) is 0 Å². The average molecular weight is 482 g/mol. The summed E-state index contributed by atoms with van der Waals surface area (Å²) in [5.41, 5.74) is 2.14. The molecule has 32 heavy (non-hydrogen) atoms. The Kier molecular flexibility index (Phi) is 7.14. The number of carbonyl (C=O) groups is 1. The number of thiophene rings is 1. The topological polar surface area (TPSA) is 66.1 Å². The van der Waals surface area contributed by atoms with Gasteiger partial charge in [-0.1, -0.05) is 23.8 Å². The summed E-state index contributed by atoms with van der Waals surface area (Å²) in [4.78, 5) is 34.9. The van der Waals surface area contributed by atoms with Gasteiger partial charge in [-0.3, -0.25) is 9.59 Å². The monoisotopic (exact) mass is 481 g/mol. The van der Waals surface area contributed by atoms with Crippen LogP contribution in [0.1, 0.15) is 32.2 Å². The fourth-order valence-electron chi connectivity index (χ4n) is 3.20. The summed E-state index contributed by atoms with van der Waals surface area (Å²) in [5, 5.41) is 0.226. The quantitative estimate of drug-likeness (QED) is 0.363. The third kappa shape index (κ3) is 5.42. The minimum atomic E-state index is -4.54. The van der Waals surface area contributed by atoms with Gasteiger partial charge in [0.25, 0.3) is 11.5 Å². The van der Waals surface area contributed by atoms with Gasteiger partial charge in [-0.15, -0.1) is 29.7 Å². The predicted molar refractivity (Wildman–Crippen MR) is 123 cm³/mol. The highest BCUT2D eigenvalue weighted by Gasteiger charge is 2.34. The Morgan fingerprint density at radius 3 is 2.69 bits per heavy atom. The predicted octanol–water partition coefficient (Wildman–Crippen LogP) is 5.39. The van der Waals surface area contributed by atoms with E-state index in [-0.39, 0.29) is 16.8 Å². The molecule has 0 atom stereocenters. The number of halogens is 3. The number of benzene rings is 1. The standard InChI is InChI=1S/C22H22F3N3O2S2/c1-5-8-28(11-22(23,24)25)21(30)18-14(4)17-19(29)26-16(27-20(17)32-18)10-31-15-9-12(2)6-7-13(15)3/h5-7,9H,1,8,10-11H2,2-4H3,(H,26,27,29). The molecule has 1 aromatic carbocycles. The van der Waals surface area contributed by atoms with E-state index in [1.165, 1.54) is 17.8 Å². The molecule has 2 heterocycles. The van der Waals surface area contributed by atoms with E-state index >= 15 is 0 Å². The molecular formula is C22H22F3N3O2S2. The fraction of sp³-hybridized carbons (Fsp3) is 0.318. The van der Waals surface area contributed by atoms with E-state index in [2.05, 4.69) is 22.6 Å². The lowest BCUT2D eigenvalue weighted by atomic mass is 10.2. The summed E-state index contributed by atoms with van der Waals surface area (Å²) in [6.45, 7) is 7.32. The molecule has 0 aliphatic heterocycles. The highest BCUT2D eigenvalue weighted by molar-refractivity contribution is 7.98. The van der Waals surface area contributed by atoms with Crippen LogP contribution in [0, 0.1) is 20.8 Å². The molecule has 0 saturated carbocycles. The number of H-pyrrole nitrogens is 1. The Balaban J connectivity index is 1.92. The first-order valence-corrected chi connectivity index (χ1v) is 11.5. The molecule has 0 unspecified atom stereocenters. The Labute approximate surface area is 191 Å². The van der Waals surface area contributed by atoms with Gasteiger partial charge in [0.15, 0.2) is 0 Å². The molecule has 1 amide bonds. The summed E-state index contributed by atoms with van der Waals surface area (Å²) < 4.78 is 38.7. The maximum absolute atomic E-state index is 12.9. The van der Waals surface area contributed by atoms with Crippen LogP contribution in [-0.4, -0.2) is 40.0 Å². The summed E-state index contributed by atoms with van der Waals surface area (Å²) in [7, 11) is 0. The van der Waals surface area contributed by atoms with Gasteiger partial charge >= 0.3 is 6.18 Å². The number of amides is 1.